The number of ether oxygens (including phenoxy) is 1. The van der Waals surface area contributed by atoms with E-state index < -0.39 is 24.0 Å². The molecule has 88 valence electrons. The third kappa shape index (κ3) is 2.91. The van der Waals surface area contributed by atoms with Crippen molar-refractivity contribution in [3.05, 3.63) is 34.6 Å². The van der Waals surface area contributed by atoms with E-state index in [2.05, 4.69) is 4.74 Å². The molecule has 0 aliphatic rings. The highest BCUT2D eigenvalue weighted by atomic mass is 35.5. The number of hydrogen-bond donors (Lipinski definition) is 2. The maximum atomic E-state index is 12.9. The Balaban J connectivity index is 2.95. The van der Waals surface area contributed by atoms with Crippen molar-refractivity contribution in [1.82, 2.24) is 0 Å². The minimum Gasteiger partial charge on any atom is -0.467 e. The molecule has 0 aliphatic heterocycles. The molecule has 0 fully saturated rings. The van der Waals surface area contributed by atoms with E-state index in [4.69, 9.17) is 11.6 Å². The number of esters is 1. The second-order valence-corrected chi connectivity index (χ2v) is 3.55. The van der Waals surface area contributed by atoms with Crippen LogP contribution in [0.2, 0.25) is 5.02 Å². The van der Waals surface area contributed by atoms with Gasteiger partial charge in [-0.15, -0.1) is 0 Å². The van der Waals surface area contributed by atoms with Gasteiger partial charge >= 0.3 is 5.97 Å². The third-order valence-electron chi connectivity index (χ3n) is 1.97. The number of halogens is 2. The molecule has 0 saturated carbocycles. The highest BCUT2D eigenvalue weighted by molar-refractivity contribution is 6.30. The van der Waals surface area contributed by atoms with Crippen molar-refractivity contribution in [3.63, 3.8) is 0 Å². The van der Waals surface area contributed by atoms with Crippen LogP contribution in [0.3, 0.4) is 0 Å². The van der Waals surface area contributed by atoms with Crippen LogP contribution in [0.1, 0.15) is 11.7 Å². The molecular weight excluding hydrogens is 239 g/mol. The van der Waals surface area contributed by atoms with Crippen molar-refractivity contribution in [3.8, 4) is 0 Å². The number of rotatable bonds is 3. The summed E-state index contributed by atoms with van der Waals surface area (Å²) in [6.45, 7) is 0. The van der Waals surface area contributed by atoms with Crippen LogP contribution in [-0.4, -0.2) is 29.4 Å². The second kappa shape index (κ2) is 5.25. The lowest BCUT2D eigenvalue weighted by atomic mass is 10.0. The van der Waals surface area contributed by atoms with Crippen molar-refractivity contribution in [2.75, 3.05) is 7.11 Å². The third-order valence-corrected chi connectivity index (χ3v) is 2.19. The molecule has 0 radical (unpaired) electrons. The minimum absolute atomic E-state index is 0.00269. The standard InChI is InChI=1S/C10H10ClFO4/c1-16-10(15)9(14)8(13)5-2-6(11)4-7(12)3-5/h2-4,8-9,13-14H,1H3. The lowest BCUT2D eigenvalue weighted by molar-refractivity contribution is -0.156. The number of aliphatic hydroxyl groups is 2. The fourth-order valence-corrected chi connectivity index (χ4v) is 1.41. The number of benzene rings is 1. The van der Waals surface area contributed by atoms with Crippen LogP contribution in [-0.2, 0) is 9.53 Å². The van der Waals surface area contributed by atoms with Crippen molar-refractivity contribution < 1.29 is 24.1 Å². The highest BCUT2D eigenvalue weighted by Gasteiger charge is 2.26. The Kier molecular flexibility index (Phi) is 4.23. The van der Waals surface area contributed by atoms with E-state index in [9.17, 15) is 19.4 Å². The molecule has 1 rings (SSSR count). The molecule has 2 atom stereocenters. The Morgan fingerprint density at radius 3 is 2.56 bits per heavy atom. The Bertz CT molecular complexity index is 376. The molecule has 2 unspecified atom stereocenters. The first-order valence-corrected chi connectivity index (χ1v) is 4.73. The summed E-state index contributed by atoms with van der Waals surface area (Å²) >= 11 is 5.56. The molecule has 1 aromatic carbocycles. The normalized spacial score (nSPS) is 14.3. The summed E-state index contributed by atoms with van der Waals surface area (Å²) in [5.74, 6) is -1.67. The summed E-state index contributed by atoms with van der Waals surface area (Å²) in [6.07, 6.45) is -3.36. The first-order chi connectivity index (χ1) is 7.45. The maximum absolute atomic E-state index is 12.9. The smallest absolute Gasteiger partial charge is 0.337 e. The van der Waals surface area contributed by atoms with E-state index >= 15 is 0 Å². The molecule has 4 nitrogen and oxygen atoms in total. The van der Waals surface area contributed by atoms with E-state index in [1.165, 1.54) is 6.07 Å². The van der Waals surface area contributed by atoms with Crippen LogP contribution in [0.5, 0.6) is 0 Å². The van der Waals surface area contributed by atoms with Crippen molar-refractivity contribution in [2.24, 2.45) is 0 Å². The van der Waals surface area contributed by atoms with Gasteiger partial charge in [-0.05, 0) is 23.8 Å². The zero-order chi connectivity index (χ0) is 12.3. The predicted molar refractivity (Wildman–Crippen MR) is 54.4 cm³/mol. The van der Waals surface area contributed by atoms with Gasteiger partial charge in [0.15, 0.2) is 6.10 Å². The summed E-state index contributed by atoms with van der Waals surface area (Å²) in [5, 5.41) is 19.0. The first-order valence-electron chi connectivity index (χ1n) is 4.35. The van der Waals surface area contributed by atoms with Crippen LogP contribution >= 0.6 is 11.6 Å². The molecule has 0 amide bonds. The molecule has 0 aromatic heterocycles. The van der Waals surface area contributed by atoms with Gasteiger partial charge in [-0.2, -0.15) is 0 Å². The van der Waals surface area contributed by atoms with E-state index in [1.807, 2.05) is 0 Å². The van der Waals surface area contributed by atoms with Gasteiger partial charge in [-0.3, -0.25) is 0 Å². The SMILES string of the molecule is COC(=O)C(O)C(O)c1cc(F)cc(Cl)c1. The van der Waals surface area contributed by atoms with Gasteiger partial charge in [0, 0.05) is 5.02 Å². The van der Waals surface area contributed by atoms with Crippen molar-refractivity contribution in [2.45, 2.75) is 12.2 Å². The Hall–Kier alpha value is -1.17. The number of methoxy groups -OCH3 is 1. The molecule has 16 heavy (non-hydrogen) atoms. The van der Waals surface area contributed by atoms with Crippen LogP contribution in [0.4, 0.5) is 4.39 Å². The summed E-state index contributed by atoms with van der Waals surface area (Å²) in [5.41, 5.74) is 0.00269. The topological polar surface area (TPSA) is 66.8 Å². The second-order valence-electron chi connectivity index (χ2n) is 3.12. The summed E-state index contributed by atoms with van der Waals surface area (Å²) in [6, 6.07) is 3.27. The number of hydrogen-bond acceptors (Lipinski definition) is 4. The predicted octanol–water partition coefficient (Wildman–Crippen LogP) is 1.05. The number of carbonyl (C=O) groups excluding carboxylic acids is 1. The minimum atomic E-state index is -1.78. The Morgan fingerprint density at radius 1 is 1.44 bits per heavy atom. The average molecular weight is 249 g/mol. The van der Waals surface area contributed by atoms with Gasteiger partial charge in [-0.25, -0.2) is 9.18 Å². The molecule has 0 heterocycles. The molecule has 1 aromatic rings. The quantitative estimate of drug-likeness (QED) is 0.785. The van der Waals surface area contributed by atoms with Gasteiger partial charge in [0.05, 0.1) is 7.11 Å². The van der Waals surface area contributed by atoms with Gasteiger partial charge in [0.1, 0.15) is 11.9 Å². The highest BCUT2D eigenvalue weighted by Crippen LogP contribution is 2.22. The van der Waals surface area contributed by atoms with Gasteiger partial charge in [0.2, 0.25) is 0 Å². The van der Waals surface area contributed by atoms with E-state index in [-0.39, 0.29) is 10.6 Å². The summed E-state index contributed by atoms with van der Waals surface area (Å²) < 4.78 is 17.2. The van der Waals surface area contributed by atoms with Gasteiger partial charge in [0.25, 0.3) is 0 Å². The Labute approximate surface area is 96.2 Å². The monoisotopic (exact) mass is 248 g/mol. The molecule has 0 bridgehead atoms. The van der Waals surface area contributed by atoms with E-state index in [0.29, 0.717) is 0 Å². The Morgan fingerprint density at radius 2 is 2.06 bits per heavy atom. The maximum Gasteiger partial charge on any atom is 0.337 e. The molecular formula is C10H10ClFO4. The summed E-state index contributed by atoms with van der Waals surface area (Å²) in [4.78, 5) is 10.9. The fraction of sp³-hybridized carbons (Fsp3) is 0.300. The van der Waals surface area contributed by atoms with Crippen molar-refractivity contribution in [1.29, 1.82) is 0 Å². The first kappa shape index (κ1) is 12.9. The molecule has 0 spiro atoms. The van der Waals surface area contributed by atoms with Crippen LogP contribution in [0.25, 0.3) is 0 Å². The van der Waals surface area contributed by atoms with E-state index in [1.54, 1.807) is 0 Å². The molecule has 0 saturated heterocycles. The van der Waals surface area contributed by atoms with Crippen LogP contribution in [0.15, 0.2) is 18.2 Å². The number of carbonyl (C=O) groups is 1. The lowest BCUT2D eigenvalue weighted by Crippen LogP contribution is -2.29. The largest absolute Gasteiger partial charge is 0.467 e. The molecule has 0 aliphatic carbocycles. The average Bonchev–Trinajstić information content (AvgIpc) is 2.24. The fourth-order valence-electron chi connectivity index (χ4n) is 1.18. The van der Waals surface area contributed by atoms with Crippen LogP contribution < -0.4 is 0 Å². The lowest BCUT2D eigenvalue weighted by Gasteiger charge is -2.16. The number of aliphatic hydroxyl groups excluding tert-OH is 2. The molecule has 2 N–H and O–H groups in total. The van der Waals surface area contributed by atoms with E-state index in [0.717, 1.165) is 19.2 Å². The molecule has 6 heteroatoms. The zero-order valence-electron chi connectivity index (χ0n) is 8.35. The summed E-state index contributed by atoms with van der Waals surface area (Å²) in [7, 11) is 1.07. The van der Waals surface area contributed by atoms with Crippen molar-refractivity contribution >= 4 is 17.6 Å². The van der Waals surface area contributed by atoms with Crippen LogP contribution in [0, 0.1) is 5.82 Å². The van der Waals surface area contributed by atoms with Gasteiger partial charge in [-0.1, -0.05) is 11.6 Å². The van der Waals surface area contributed by atoms with Gasteiger partial charge < -0.3 is 14.9 Å². The zero-order valence-corrected chi connectivity index (χ0v) is 9.11.